The third-order valence-electron chi connectivity index (χ3n) is 11.8. The lowest BCUT2D eigenvalue weighted by molar-refractivity contribution is -0.176. The van der Waals surface area contributed by atoms with Crippen LogP contribution < -0.4 is 0 Å². The van der Waals surface area contributed by atoms with E-state index in [0.29, 0.717) is 53.8 Å². The maximum absolute atomic E-state index is 12.6. The zero-order chi connectivity index (χ0) is 30.3. The summed E-state index contributed by atoms with van der Waals surface area (Å²) in [4.78, 5) is 12.6. The third-order valence-corrected chi connectivity index (χ3v) is 11.8. The molecule has 0 amide bonds. The van der Waals surface area contributed by atoms with E-state index in [1.807, 2.05) is 0 Å². The van der Waals surface area contributed by atoms with Gasteiger partial charge in [0.25, 0.3) is 0 Å². The van der Waals surface area contributed by atoms with Gasteiger partial charge in [-0.05, 0) is 84.9 Å². The lowest BCUT2D eigenvalue weighted by Crippen LogP contribution is -2.50. The highest BCUT2D eigenvalue weighted by molar-refractivity contribution is 5.75. The third kappa shape index (κ3) is 6.12. The minimum atomic E-state index is -2.01. The van der Waals surface area contributed by atoms with Crippen molar-refractivity contribution >= 4 is 5.97 Å². The Hall–Kier alpha value is -1.51. The molecule has 7 heteroatoms. The molecule has 41 heavy (non-hydrogen) atoms. The number of aliphatic hydroxyl groups is 5. The molecular formula is C34H54O7. The Kier molecular flexibility index (Phi) is 9.97. The first kappa shape index (κ1) is 32.4. The van der Waals surface area contributed by atoms with Gasteiger partial charge >= 0.3 is 5.97 Å². The minimum Gasteiger partial charge on any atom is -0.460 e. The molecule has 3 fully saturated rings. The van der Waals surface area contributed by atoms with Gasteiger partial charge in [-0.25, -0.2) is 4.79 Å². The van der Waals surface area contributed by atoms with E-state index in [2.05, 4.69) is 65.8 Å². The van der Waals surface area contributed by atoms with Crippen molar-refractivity contribution in [2.45, 2.75) is 117 Å². The number of rotatable bonds is 10. The fourth-order valence-corrected chi connectivity index (χ4v) is 8.58. The summed E-state index contributed by atoms with van der Waals surface area (Å²) in [6.07, 6.45) is 8.64. The first-order chi connectivity index (χ1) is 19.2. The number of ether oxygens (including phenoxy) is 1. The molecule has 0 heterocycles. The van der Waals surface area contributed by atoms with Gasteiger partial charge in [0.15, 0.2) is 6.10 Å². The van der Waals surface area contributed by atoms with Crippen molar-refractivity contribution in [3.8, 4) is 0 Å². The van der Waals surface area contributed by atoms with Gasteiger partial charge < -0.3 is 30.3 Å². The summed E-state index contributed by atoms with van der Waals surface area (Å²) in [5, 5.41) is 48.7. The molecule has 0 radical (unpaired) electrons. The van der Waals surface area contributed by atoms with Crippen molar-refractivity contribution in [2.75, 3.05) is 6.61 Å². The van der Waals surface area contributed by atoms with Crippen LogP contribution in [0.5, 0.6) is 0 Å². The Balaban J connectivity index is 1.44. The number of hydrogen-bond acceptors (Lipinski definition) is 7. The molecule has 0 spiro atoms. The van der Waals surface area contributed by atoms with E-state index in [1.54, 1.807) is 5.57 Å². The summed E-state index contributed by atoms with van der Waals surface area (Å²) in [6, 6.07) is 0. The van der Waals surface area contributed by atoms with Crippen LogP contribution in [0.4, 0.5) is 0 Å². The minimum absolute atomic E-state index is 0.0180. The second-order valence-corrected chi connectivity index (χ2v) is 14.4. The molecule has 0 unspecified atom stereocenters. The van der Waals surface area contributed by atoms with Gasteiger partial charge in [0.2, 0.25) is 0 Å². The Morgan fingerprint density at radius 1 is 0.951 bits per heavy atom. The predicted octanol–water partition coefficient (Wildman–Crippen LogP) is 4.32. The van der Waals surface area contributed by atoms with Gasteiger partial charge in [-0.15, -0.1) is 0 Å². The Bertz CT molecular complexity index is 1030. The van der Waals surface area contributed by atoms with Gasteiger partial charge in [0.05, 0.1) is 6.61 Å². The highest BCUT2D eigenvalue weighted by Gasteiger charge is 2.57. The highest BCUT2D eigenvalue weighted by Crippen LogP contribution is 2.66. The lowest BCUT2D eigenvalue weighted by Gasteiger charge is -2.55. The molecule has 0 aromatic carbocycles. The topological polar surface area (TPSA) is 127 Å². The molecule has 7 nitrogen and oxygen atoms in total. The molecule has 0 bridgehead atoms. The van der Waals surface area contributed by atoms with Crippen LogP contribution in [0.15, 0.2) is 35.5 Å². The van der Waals surface area contributed by atoms with Crippen LogP contribution in [0.2, 0.25) is 0 Å². The maximum Gasteiger partial charge on any atom is 0.338 e. The number of aliphatic hydroxyl groups excluding tert-OH is 5. The molecule has 3 saturated carbocycles. The van der Waals surface area contributed by atoms with Crippen LogP contribution in [0, 0.1) is 46.3 Å². The number of esters is 1. The number of fused-ring (bicyclic) bond motifs is 5. The molecule has 12 atom stereocenters. The number of allylic oxidation sites excluding steroid dienone is 5. The summed E-state index contributed by atoms with van der Waals surface area (Å²) in [7, 11) is 0. The Morgan fingerprint density at radius 3 is 2.32 bits per heavy atom. The van der Waals surface area contributed by atoms with Crippen molar-refractivity contribution in [1.82, 2.24) is 0 Å². The molecule has 0 aliphatic heterocycles. The van der Waals surface area contributed by atoms with Gasteiger partial charge in [-0.2, -0.15) is 0 Å². The van der Waals surface area contributed by atoms with Crippen molar-refractivity contribution in [2.24, 2.45) is 46.3 Å². The maximum atomic E-state index is 12.6. The van der Waals surface area contributed by atoms with Crippen molar-refractivity contribution in [3.63, 3.8) is 0 Å². The van der Waals surface area contributed by atoms with E-state index in [0.717, 1.165) is 6.42 Å². The lowest BCUT2D eigenvalue weighted by atomic mass is 9.50. The van der Waals surface area contributed by atoms with Crippen molar-refractivity contribution < 1.29 is 35.1 Å². The summed E-state index contributed by atoms with van der Waals surface area (Å²) in [5.41, 5.74) is 3.22. The summed E-state index contributed by atoms with van der Waals surface area (Å²) in [5.74, 6) is 2.58. The van der Waals surface area contributed by atoms with Gasteiger partial charge in [0, 0.05) is 6.42 Å². The van der Waals surface area contributed by atoms with Crippen LogP contribution in [-0.2, 0) is 9.53 Å². The zero-order valence-corrected chi connectivity index (χ0v) is 25.9. The fourth-order valence-electron chi connectivity index (χ4n) is 8.58. The molecule has 5 N–H and O–H groups in total. The molecule has 0 aromatic heterocycles. The largest absolute Gasteiger partial charge is 0.460 e. The molecule has 4 rings (SSSR count). The van der Waals surface area contributed by atoms with Crippen molar-refractivity contribution in [1.29, 1.82) is 0 Å². The predicted molar refractivity (Wildman–Crippen MR) is 158 cm³/mol. The number of carbonyl (C=O) groups is 1. The van der Waals surface area contributed by atoms with E-state index < -0.39 is 43.1 Å². The van der Waals surface area contributed by atoms with Crippen LogP contribution in [0.3, 0.4) is 0 Å². The Morgan fingerprint density at radius 2 is 1.66 bits per heavy atom. The SMILES string of the molecule is CC(C)[C@@H](C)C=C[C@@H](C)[C@H]1CC[C@H]2C3=CC=C4C[C@@H](OC(=O)[C@H](O)[C@@H](O)[C@H](O)[C@H](O)CO)CC[C@]4(C)[C@H]3CC[C@]12C. The smallest absolute Gasteiger partial charge is 0.338 e. The standard InChI is InChI=1S/C34H54O7/c1-19(2)20(3)7-8-21(4)25-11-12-26-24-10-9-22-17-23(13-15-33(22,5)27(24)14-16-34(25,26)6)41-32(40)31(39)30(38)29(37)28(36)18-35/h7-10,19-21,23,25-31,35-39H,11-18H2,1-6H3/t20-,21+,23-,25+,26-,27-,28+,29+,30-,31+,33-,34+/m0/s1. The van der Waals surface area contributed by atoms with Crippen LogP contribution in [-0.4, -0.2) is 68.6 Å². The quantitative estimate of drug-likeness (QED) is 0.194. The number of hydrogen-bond donors (Lipinski definition) is 5. The summed E-state index contributed by atoms with van der Waals surface area (Å²) >= 11 is 0. The van der Waals surface area contributed by atoms with Crippen molar-refractivity contribution in [3.05, 3.63) is 35.5 Å². The van der Waals surface area contributed by atoms with Gasteiger partial charge in [-0.3, -0.25) is 0 Å². The molecule has 232 valence electrons. The summed E-state index contributed by atoms with van der Waals surface area (Å²) in [6.45, 7) is 13.4. The second kappa shape index (κ2) is 12.6. The highest BCUT2D eigenvalue weighted by atomic mass is 16.6. The summed E-state index contributed by atoms with van der Waals surface area (Å²) < 4.78 is 5.58. The first-order valence-electron chi connectivity index (χ1n) is 15.9. The molecule has 0 saturated heterocycles. The Labute approximate surface area is 246 Å². The fraction of sp³-hybridized carbons (Fsp3) is 0.794. The van der Waals surface area contributed by atoms with E-state index in [4.69, 9.17) is 9.84 Å². The number of carbonyl (C=O) groups excluding carboxylic acids is 1. The zero-order valence-electron chi connectivity index (χ0n) is 25.9. The van der Waals surface area contributed by atoms with Crippen LogP contribution in [0.25, 0.3) is 0 Å². The van der Waals surface area contributed by atoms with E-state index in [-0.39, 0.29) is 5.41 Å². The molecular weight excluding hydrogens is 520 g/mol. The normalized spacial score (nSPS) is 37.7. The molecule has 4 aliphatic rings. The van der Waals surface area contributed by atoms with Gasteiger partial charge in [0.1, 0.15) is 24.4 Å². The van der Waals surface area contributed by atoms with Crippen LogP contribution in [0.1, 0.15) is 86.5 Å². The van der Waals surface area contributed by atoms with Crippen LogP contribution >= 0.6 is 0 Å². The molecule has 0 aromatic rings. The average molecular weight is 575 g/mol. The van der Waals surface area contributed by atoms with E-state index in [9.17, 15) is 25.2 Å². The monoisotopic (exact) mass is 574 g/mol. The van der Waals surface area contributed by atoms with E-state index >= 15 is 0 Å². The van der Waals surface area contributed by atoms with Gasteiger partial charge in [-0.1, -0.05) is 77.0 Å². The first-order valence-corrected chi connectivity index (χ1v) is 15.9. The molecule has 4 aliphatic carbocycles. The average Bonchev–Trinajstić information content (AvgIpc) is 3.31. The second-order valence-electron chi connectivity index (χ2n) is 14.4. The van der Waals surface area contributed by atoms with E-state index in [1.165, 1.54) is 31.3 Å².